The molecule has 0 bridgehead atoms. The Morgan fingerprint density at radius 3 is 2.92 bits per heavy atom. The average molecular weight is 341 g/mol. The van der Waals surface area contributed by atoms with Gasteiger partial charge in [0.05, 0.1) is 6.20 Å². The number of hydrogen-bond acceptors (Lipinski definition) is 4. The standard InChI is InChI=1S/C19H27N5O/c1-15-16(13-21-23(15)3)9-10-19(25)22(2)17-7-6-12-24(14-17)18-8-4-5-11-20-18/h4-5,8,11,13,17H,6-7,9-10,12,14H2,1-3H3. The number of carbonyl (C=O) groups excluding carboxylic acids is 1. The Morgan fingerprint density at radius 1 is 1.40 bits per heavy atom. The van der Waals surface area contributed by atoms with Gasteiger partial charge in [0.25, 0.3) is 0 Å². The lowest BCUT2D eigenvalue weighted by atomic mass is 10.0. The molecule has 1 aliphatic rings. The van der Waals surface area contributed by atoms with E-state index in [1.807, 2.05) is 61.2 Å². The number of hydrogen-bond donors (Lipinski definition) is 0. The normalized spacial score (nSPS) is 17.6. The van der Waals surface area contributed by atoms with E-state index >= 15 is 0 Å². The Kier molecular flexibility index (Phi) is 5.36. The molecule has 0 aromatic carbocycles. The summed E-state index contributed by atoms with van der Waals surface area (Å²) in [4.78, 5) is 21.3. The van der Waals surface area contributed by atoms with Crippen molar-refractivity contribution in [3.63, 3.8) is 0 Å². The van der Waals surface area contributed by atoms with Crippen molar-refractivity contribution in [3.8, 4) is 0 Å². The van der Waals surface area contributed by atoms with Crippen molar-refractivity contribution in [1.29, 1.82) is 0 Å². The zero-order valence-electron chi connectivity index (χ0n) is 15.4. The second-order valence-electron chi connectivity index (χ2n) is 6.81. The Bertz CT molecular complexity index is 712. The van der Waals surface area contributed by atoms with Crippen LogP contribution in [0, 0.1) is 6.92 Å². The number of carbonyl (C=O) groups is 1. The number of pyridine rings is 1. The molecule has 0 radical (unpaired) electrons. The predicted molar refractivity (Wildman–Crippen MR) is 98.5 cm³/mol. The van der Waals surface area contributed by atoms with Gasteiger partial charge in [-0.25, -0.2) is 4.98 Å². The Labute approximate surface area is 149 Å². The fourth-order valence-corrected chi connectivity index (χ4v) is 3.43. The maximum Gasteiger partial charge on any atom is 0.222 e. The maximum atomic E-state index is 12.6. The smallest absolute Gasteiger partial charge is 0.222 e. The van der Waals surface area contributed by atoms with E-state index in [9.17, 15) is 4.79 Å². The molecule has 2 aromatic heterocycles. The van der Waals surface area contributed by atoms with Gasteiger partial charge in [0.2, 0.25) is 5.91 Å². The van der Waals surface area contributed by atoms with Crippen LogP contribution in [0.2, 0.25) is 0 Å². The molecule has 134 valence electrons. The molecule has 1 unspecified atom stereocenters. The van der Waals surface area contributed by atoms with Crippen molar-refractivity contribution in [3.05, 3.63) is 41.9 Å². The number of piperidine rings is 1. The van der Waals surface area contributed by atoms with Gasteiger partial charge in [-0.2, -0.15) is 5.10 Å². The molecule has 0 N–H and O–H groups in total. The minimum absolute atomic E-state index is 0.205. The molecule has 6 heteroatoms. The van der Waals surface area contributed by atoms with Crippen molar-refractivity contribution < 1.29 is 4.79 Å². The maximum absolute atomic E-state index is 12.6. The van der Waals surface area contributed by atoms with Crippen LogP contribution in [0.5, 0.6) is 0 Å². The minimum Gasteiger partial charge on any atom is -0.355 e. The summed E-state index contributed by atoms with van der Waals surface area (Å²) >= 11 is 0. The first-order chi connectivity index (χ1) is 12.1. The van der Waals surface area contributed by atoms with Crippen molar-refractivity contribution in [1.82, 2.24) is 19.7 Å². The van der Waals surface area contributed by atoms with Crippen LogP contribution in [0.15, 0.2) is 30.6 Å². The minimum atomic E-state index is 0.205. The first kappa shape index (κ1) is 17.5. The molecule has 25 heavy (non-hydrogen) atoms. The third kappa shape index (κ3) is 4.00. The van der Waals surface area contributed by atoms with E-state index in [0.29, 0.717) is 6.42 Å². The van der Waals surface area contributed by atoms with Gasteiger partial charge in [-0.15, -0.1) is 0 Å². The third-order valence-corrected chi connectivity index (χ3v) is 5.26. The lowest BCUT2D eigenvalue weighted by Gasteiger charge is -2.38. The molecule has 1 aliphatic heterocycles. The summed E-state index contributed by atoms with van der Waals surface area (Å²) in [7, 11) is 3.87. The van der Waals surface area contributed by atoms with Crippen LogP contribution in [0.1, 0.15) is 30.5 Å². The monoisotopic (exact) mass is 341 g/mol. The van der Waals surface area contributed by atoms with Crippen molar-refractivity contribution in [2.24, 2.45) is 7.05 Å². The number of nitrogens with zero attached hydrogens (tertiary/aromatic N) is 5. The summed E-state index contributed by atoms with van der Waals surface area (Å²) in [6, 6.07) is 6.23. The van der Waals surface area contributed by atoms with E-state index in [2.05, 4.69) is 15.0 Å². The molecule has 1 saturated heterocycles. The highest BCUT2D eigenvalue weighted by Crippen LogP contribution is 2.21. The van der Waals surface area contributed by atoms with Gasteiger partial charge in [-0.1, -0.05) is 6.07 Å². The summed E-state index contributed by atoms with van der Waals surface area (Å²) in [6.07, 6.45) is 7.11. The summed E-state index contributed by atoms with van der Waals surface area (Å²) in [5.41, 5.74) is 2.29. The molecule has 3 heterocycles. The van der Waals surface area contributed by atoms with Crippen LogP contribution in [0.3, 0.4) is 0 Å². The van der Waals surface area contributed by atoms with Gasteiger partial charge in [0, 0.05) is 51.5 Å². The van der Waals surface area contributed by atoms with E-state index in [-0.39, 0.29) is 11.9 Å². The molecular formula is C19H27N5O. The number of anilines is 1. The van der Waals surface area contributed by atoms with Crippen molar-refractivity contribution in [2.75, 3.05) is 25.0 Å². The molecule has 1 fully saturated rings. The highest BCUT2D eigenvalue weighted by molar-refractivity contribution is 5.76. The zero-order valence-corrected chi connectivity index (χ0v) is 15.4. The van der Waals surface area contributed by atoms with Gasteiger partial charge in [-0.3, -0.25) is 9.48 Å². The molecule has 6 nitrogen and oxygen atoms in total. The average Bonchev–Trinajstić information content (AvgIpc) is 2.98. The van der Waals surface area contributed by atoms with Crippen LogP contribution < -0.4 is 4.90 Å². The van der Waals surface area contributed by atoms with E-state index in [1.165, 1.54) is 0 Å². The number of aryl methyl sites for hydroxylation is 2. The molecule has 0 aliphatic carbocycles. The lowest BCUT2D eigenvalue weighted by molar-refractivity contribution is -0.132. The fraction of sp³-hybridized carbons (Fsp3) is 0.526. The largest absolute Gasteiger partial charge is 0.355 e. The van der Waals surface area contributed by atoms with Gasteiger partial charge in [-0.05, 0) is 43.9 Å². The topological polar surface area (TPSA) is 54.3 Å². The SMILES string of the molecule is Cc1c(CCC(=O)N(C)C2CCCN(c3ccccn3)C2)cnn1C. The molecular weight excluding hydrogens is 314 g/mol. The van der Waals surface area contributed by atoms with Gasteiger partial charge < -0.3 is 9.80 Å². The first-order valence-electron chi connectivity index (χ1n) is 8.95. The molecule has 0 spiro atoms. The molecule has 1 amide bonds. The van der Waals surface area contributed by atoms with Crippen molar-refractivity contribution >= 4 is 11.7 Å². The number of aromatic nitrogens is 3. The Hall–Kier alpha value is -2.37. The van der Waals surface area contributed by atoms with E-state index < -0.39 is 0 Å². The molecule has 0 saturated carbocycles. The Morgan fingerprint density at radius 2 is 2.24 bits per heavy atom. The van der Waals surface area contributed by atoms with Crippen LogP contribution in [0.4, 0.5) is 5.82 Å². The zero-order chi connectivity index (χ0) is 17.8. The van der Waals surface area contributed by atoms with Gasteiger partial charge in [0.15, 0.2) is 0 Å². The lowest BCUT2D eigenvalue weighted by Crippen LogP contribution is -2.48. The number of rotatable bonds is 5. The third-order valence-electron chi connectivity index (χ3n) is 5.26. The van der Waals surface area contributed by atoms with Crippen LogP contribution in [-0.4, -0.2) is 51.8 Å². The molecule has 2 aromatic rings. The quantitative estimate of drug-likeness (QED) is 0.836. The highest BCUT2D eigenvalue weighted by atomic mass is 16.2. The summed E-state index contributed by atoms with van der Waals surface area (Å²) in [5.74, 6) is 1.20. The predicted octanol–water partition coefficient (Wildman–Crippen LogP) is 2.18. The highest BCUT2D eigenvalue weighted by Gasteiger charge is 2.26. The second-order valence-corrected chi connectivity index (χ2v) is 6.81. The second kappa shape index (κ2) is 7.68. The summed E-state index contributed by atoms with van der Waals surface area (Å²) in [5, 5.41) is 4.25. The number of amides is 1. The summed E-state index contributed by atoms with van der Waals surface area (Å²) in [6.45, 7) is 3.90. The Balaban J connectivity index is 1.57. The number of likely N-dealkylation sites (N-methyl/N-ethyl adjacent to an activating group) is 1. The van der Waals surface area contributed by atoms with Gasteiger partial charge in [0.1, 0.15) is 5.82 Å². The van der Waals surface area contributed by atoms with E-state index in [0.717, 1.165) is 49.4 Å². The summed E-state index contributed by atoms with van der Waals surface area (Å²) < 4.78 is 1.86. The van der Waals surface area contributed by atoms with Crippen LogP contribution >= 0.6 is 0 Å². The molecule has 1 atom stereocenters. The van der Waals surface area contributed by atoms with E-state index in [4.69, 9.17) is 0 Å². The van der Waals surface area contributed by atoms with Gasteiger partial charge >= 0.3 is 0 Å². The molecule has 3 rings (SSSR count). The fourth-order valence-electron chi connectivity index (χ4n) is 3.43. The van der Waals surface area contributed by atoms with Crippen LogP contribution in [-0.2, 0) is 18.3 Å². The van der Waals surface area contributed by atoms with Crippen LogP contribution in [0.25, 0.3) is 0 Å². The van der Waals surface area contributed by atoms with E-state index in [1.54, 1.807) is 0 Å². The van der Waals surface area contributed by atoms with Crippen molar-refractivity contribution in [2.45, 2.75) is 38.6 Å². The first-order valence-corrected chi connectivity index (χ1v) is 8.95.